The van der Waals surface area contributed by atoms with E-state index in [2.05, 4.69) is 10.0 Å². The lowest BCUT2D eigenvalue weighted by atomic mass is 10.2. The third-order valence-corrected chi connectivity index (χ3v) is 2.46. The van der Waals surface area contributed by atoms with Gasteiger partial charge in [0.2, 0.25) is 15.9 Å². The number of rotatable bonds is 3. The molecule has 0 atom stereocenters. The van der Waals surface area contributed by atoms with E-state index in [0.29, 0.717) is 11.4 Å². The van der Waals surface area contributed by atoms with E-state index in [9.17, 15) is 13.2 Å². The third kappa shape index (κ3) is 3.90. The molecule has 88 valence electrons. The van der Waals surface area contributed by atoms with Crippen LogP contribution in [0.4, 0.5) is 11.4 Å². The molecule has 0 aliphatic carbocycles. The second kappa shape index (κ2) is 4.52. The van der Waals surface area contributed by atoms with Crippen LogP contribution in [0, 0.1) is 6.92 Å². The second-order valence-corrected chi connectivity index (χ2v) is 5.33. The van der Waals surface area contributed by atoms with Gasteiger partial charge in [-0.1, -0.05) is 6.07 Å². The molecule has 1 aromatic rings. The van der Waals surface area contributed by atoms with Crippen LogP contribution in [0.25, 0.3) is 0 Å². The number of hydrogen-bond donors (Lipinski definition) is 2. The van der Waals surface area contributed by atoms with Gasteiger partial charge in [0, 0.05) is 12.6 Å². The molecule has 0 aliphatic heterocycles. The molecule has 5 nitrogen and oxygen atoms in total. The number of hydrogen-bond acceptors (Lipinski definition) is 3. The fraction of sp³-hybridized carbons (Fsp3) is 0.300. The summed E-state index contributed by atoms with van der Waals surface area (Å²) >= 11 is 0. The smallest absolute Gasteiger partial charge is 0.229 e. The van der Waals surface area contributed by atoms with Crippen molar-refractivity contribution in [3.63, 3.8) is 0 Å². The number of aryl methyl sites for hydroxylation is 1. The van der Waals surface area contributed by atoms with E-state index in [1.54, 1.807) is 18.2 Å². The lowest BCUT2D eigenvalue weighted by Crippen LogP contribution is -2.11. The van der Waals surface area contributed by atoms with Gasteiger partial charge in [0.15, 0.2) is 0 Å². The summed E-state index contributed by atoms with van der Waals surface area (Å²) in [6.07, 6.45) is 1.07. The molecule has 0 saturated carbocycles. The molecular weight excluding hydrogens is 228 g/mol. The largest absolute Gasteiger partial charge is 0.326 e. The van der Waals surface area contributed by atoms with Crippen molar-refractivity contribution >= 4 is 27.3 Å². The summed E-state index contributed by atoms with van der Waals surface area (Å²) in [5, 5.41) is 2.63. The highest BCUT2D eigenvalue weighted by molar-refractivity contribution is 7.92. The molecule has 0 heterocycles. The van der Waals surface area contributed by atoms with Crippen molar-refractivity contribution in [2.45, 2.75) is 13.8 Å². The molecule has 2 N–H and O–H groups in total. The van der Waals surface area contributed by atoms with Gasteiger partial charge in [-0.2, -0.15) is 0 Å². The van der Waals surface area contributed by atoms with Gasteiger partial charge in [-0.25, -0.2) is 8.42 Å². The molecule has 0 aliphatic rings. The summed E-state index contributed by atoms with van der Waals surface area (Å²) in [5.41, 5.74) is 1.90. The standard InChI is InChI=1S/C10H14N2O3S/c1-7-4-5-9(12-16(3,14)15)6-10(7)11-8(2)13/h4-6,12H,1-3H3,(H,11,13). The Kier molecular flexibility index (Phi) is 3.54. The van der Waals surface area contributed by atoms with Crippen LogP contribution in [-0.2, 0) is 14.8 Å². The second-order valence-electron chi connectivity index (χ2n) is 3.59. The van der Waals surface area contributed by atoms with Crippen LogP contribution in [0.1, 0.15) is 12.5 Å². The van der Waals surface area contributed by atoms with E-state index >= 15 is 0 Å². The molecular formula is C10H14N2O3S. The van der Waals surface area contributed by atoms with Crippen LogP contribution < -0.4 is 10.0 Å². The highest BCUT2D eigenvalue weighted by atomic mass is 32.2. The first-order valence-electron chi connectivity index (χ1n) is 4.64. The van der Waals surface area contributed by atoms with Crippen LogP contribution in [0.15, 0.2) is 18.2 Å². The van der Waals surface area contributed by atoms with Crippen molar-refractivity contribution in [2.24, 2.45) is 0 Å². The number of carbonyl (C=O) groups excluding carboxylic acids is 1. The van der Waals surface area contributed by atoms with Crippen LogP contribution >= 0.6 is 0 Å². The topological polar surface area (TPSA) is 75.3 Å². The van der Waals surface area contributed by atoms with E-state index < -0.39 is 10.0 Å². The fourth-order valence-corrected chi connectivity index (χ4v) is 1.78. The van der Waals surface area contributed by atoms with E-state index in [0.717, 1.165) is 11.8 Å². The molecule has 0 bridgehead atoms. The van der Waals surface area contributed by atoms with Crippen molar-refractivity contribution in [3.05, 3.63) is 23.8 Å². The Hall–Kier alpha value is -1.56. The Morgan fingerprint density at radius 2 is 1.94 bits per heavy atom. The average molecular weight is 242 g/mol. The Morgan fingerprint density at radius 3 is 2.44 bits per heavy atom. The number of amides is 1. The molecule has 0 radical (unpaired) electrons. The zero-order valence-corrected chi connectivity index (χ0v) is 10.2. The molecule has 1 rings (SSSR count). The van der Waals surface area contributed by atoms with Gasteiger partial charge in [0.1, 0.15) is 0 Å². The van der Waals surface area contributed by atoms with Gasteiger partial charge >= 0.3 is 0 Å². The van der Waals surface area contributed by atoms with Crippen molar-refractivity contribution in [1.29, 1.82) is 0 Å². The number of anilines is 2. The van der Waals surface area contributed by atoms with Gasteiger partial charge < -0.3 is 5.32 Å². The molecule has 1 amide bonds. The molecule has 0 aromatic heterocycles. The van der Waals surface area contributed by atoms with Crippen molar-refractivity contribution < 1.29 is 13.2 Å². The maximum Gasteiger partial charge on any atom is 0.229 e. The summed E-state index contributed by atoms with van der Waals surface area (Å²) < 4.78 is 24.4. The highest BCUT2D eigenvalue weighted by Crippen LogP contribution is 2.20. The van der Waals surface area contributed by atoms with Crippen molar-refractivity contribution in [1.82, 2.24) is 0 Å². The van der Waals surface area contributed by atoms with Crippen LogP contribution in [-0.4, -0.2) is 20.6 Å². The quantitative estimate of drug-likeness (QED) is 0.839. The first kappa shape index (κ1) is 12.5. The van der Waals surface area contributed by atoms with Crippen LogP contribution in [0.5, 0.6) is 0 Å². The minimum Gasteiger partial charge on any atom is -0.326 e. The van der Waals surface area contributed by atoms with Gasteiger partial charge in [-0.05, 0) is 24.6 Å². The molecule has 0 saturated heterocycles. The number of nitrogens with one attached hydrogen (secondary N) is 2. The zero-order valence-electron chi connectivity index (χ0n) is 9.37. The fourth-order valence-electron chi connectivity index (χ4n) is 1.22. The monoisotopic (exact) mass is 242 g/mol. The highest BCUT2D eigenvalue weighted by Gasteiger charge is 2.05. The predicted octanol–water partition coefficient (Wildman–Crippen LogP) is 1.32. The summed E-state index contributed by atoms with van der Waals surface area (Å²) in [4.78, 5) is 10.9. The summed E-state index contributed by atoms with van der Waals surface area (Å²) in [7, 11) is -3.30. The maximum atomic E-state index is 11.0. The van der Waals surface area contributed by atoms with E-state index in [-0.39, 0.29) is 5.91 Å². The summed E-state index contributed by atoms with van der Waals surface area (Å²) in [6.45, 7) is 3.23. The van der Waals surface area contributed by atoms with Gasteiger partial charge in [-0.15, -0.1) is 0 Å². The number of carbonyl (C=O) groups is 1. The average Bonchev–Trinajstić information content (AvgIpc) is 2.07. The molecule has 1 aromatic carbocycles. The van der Waals surface area contributed by atoms with Crippen molar-refractivity contribution in [2.75, 3.05) is 16.3 Å². The SMILES string of the molecule is CC(=O)Nc1cc(NS(C)(=O)=O)ccc1C. The lowest BCUT2D eigenvalue weighted by molar-refractivity contribution is -0.114. The third-order valence-electron chi connectivity index (χ3n) is 1.85. The van der Waals surface area contributed by atoms with Crippen molar-refractivity contribution in [3.8, 4) is 0 Å². The van der Waals surface area contributed by atoms with E-state index in [4.69, 9.17) is 0 Å². The Morgan fingerprint density at radius 1 is 1.31 bits per heavy atom. The van der Waals surface area contributed by atoms with Gasteiger partial charge in [0.05, 0.1) is 11.9 Å². The molecule has 0 fully saturated rings. The molecule has 0 unspecified atom stereocenters. The van der Waals surface area contributed by atoms with E-state index in [1.165, 1.54) is 6.92 Å². The predicted molar refractivity (Wildman–Crippen MR) is 63.9 cm³/mol. The van der Waals surface area contributed by atoms with Crippen LogP contribution in [0.3, 0.4) is 0 Å². The van der Waals surface area contributed by atoms with E-state index in [1.807, 2.05) is 6.92 Å². The minimum absolute atomic E-state index is 0.195. The van der Waals surface area contributed by atoms with Gasteiger partial charge in [-0.3, -0.25) is 9.52 Å². The first-order valence-corrected chi connectivity index (χ1v) is 6.53. The molecule has 16 heavy (non-hydrogen) atoms. The zero-order chi connectivity index (χ0) is 12.3. The Labute approximate surface area is 94.9 Å². The lowest BCUT2D eigenvalue weighted by Gasteiger charge is -2.09. The Bertz CT molecular complexity index is 509. The summed E-state index contributed by atoms with van der Waals surface area (Å²) in [5.74, 6) is -0.195. The molecule has 0 spiro atoms. The number of sulfonamides is 1. The number of benzene rings is 1. The minimum atomic E-state index is -3.30. The summed E-state index contributed by atoms with van der Waals surface area (Å²) in [6, 6.07) is 4.96. The normalized spacial score (nSPS) is 10.9. The Balaban J connectivity index is 3.02. The molecule has 6 heteroatoms. The van der Waals surface area contributed by atoms with Gasteiger partial charge in [0.25, 0.3) is 0 Å². The first-order chi connectivity index (χ1) is 7.28. The maximum absolute atomic E-state index is 11.0. The van der Waals surface area contributed by atoms with Crippen LogP contribution in [0.2, 0.25) is 0 Å².